The predicted molar refractivity (Wildman–Crippen MR) is 130 cm³/mol. The molecule has 168 valence electrons. The number of sulfonamides is 1. The number of rotatable bonds is 9. The Morgan fingerprint density at radius 3 is 2.48 bits per heavy atom. The van der Waals surface area contributed by atoms with Crippen molar-refractivity contribution in [2.75, 3.05) is 23.1 Å². The van der Waals surface area contributed by atoms with Crippen LogP contribution in [0.2, 0.25) is 10.0 Å². The number of hydrogen-bond donors (Lipinski definition) is 1. The van der Waals surface area contributed by atoms with Crippen LogP contribution in [0.3, 0.4) is 0 Å². The highest BCUT2D eigenvalue weighted by molar-refractivity contribution is 7.99. The molecule has 0 heterocycles. The minimum atomic E-state index is -4.01. The summed E-state index contributed by atoms with van der Waals surface area (Å²) >= 11 is 14.2. The third kappa shape index (κ3) is 6.78. The quantitative estimate of drug-likeness (QED) is 0.469. The van der Waals surface area contributed by atoms with Gasteiger partial charge in [0.2, 0.25) is 5.91 Å². The Morgan fingerprint density at radius 1 is 1.06 bits per heavy atom. The van der Waals surface area contributed by atoms with Crippen LogP contribution in [0.1, 0.15) is 32.1 Å². The van der Waals surface area contributed by atoms with Gasteiger partial charge in [0, 0.05) is 22.6 Å². The largest absolute Gasteiger partial charge is 0.354 e. The summed E-state index contributed by atoms with van der Waals surface area (Å²) in [5, 5.41) is 4.03. The molecule has 5 nitrogen and oxygen atoms in total. The molecule has 2 aromatic rings. The van der Waals surface area contributed by atoms with Crippen LogP contribution in [0, 0.1) is 0 Å². The lowest BCUT2D eigenvalue weighted by Gasteiger charge is -2.25. The van der Waals surface area contributed by atoms with Crippen LogP contribution in [-0.4, -0.2) is 38.4 Å². The molecule has 9 heteroatoms. The Balaban J connectivity index is 1.71. The zero-order valence-electron chi connectivity index (χ0n) is 17.1. The van der Waals surface area contributed by atoms with Crippen LogP contribution in [0.4, 0.5) is 5.69 Å². The summed E-state index contributed by atoms with van der Waals surface area (Å²) in [6, 6.07) is 12.5. The molecular formula is C22H26Cl2N2O3S2. The molecule has 0 unspecified atom stereocenters. The molecule has 0 bridgehead atoms. The summed E-state index contributed by atoms with van der Waals surface area (Å²) in [6.45, 7) is 0.105. The molecule has 0 radical (unpaired) electrons. The van der Waals surface area contributed by atoms with Crippen LogP contribution in [-0.2, 0) is 14.8 Å². The second-order valence-electron chi connectivity index (χ2n) is 7.40. The molecule has 31 heavy (non-hydrogen) atoms. The smallest absolute Gasteiger partial charge is 0.264 e. The van der Waals surface area contributed by atoms with Crippen LogP contribution >= 0.6 is 35.0 Å². The standard InChI is InChI=1S/C22H26Cl2N2O3S2/c23-17-11-12-20(24)21(15-17)26(31(28,29)19-9-5-2-6-10-19)16-22(27)25-13-14-30-18-7-3-1-4-8-18/h2,5-6,9-12,15,18H,1,3-4,7-8,13-14,16H2,(H,25,27). The molecule has 0 saturated heterocycles. The van der Waals surface area contributed by atoms with Gasteiger partial charge in [-0.15, -0.1) is 0 Å². The number of carbonyl (C=O) groups excluding carboxylic acids is 1. The number of thioether (sulfide) groups is 1. The molecule has 0 aromatic heterocycles. The maximum Gasteiger partial charge on any atom is 0.264 e. The van der Waals surface area contributed by atoms with E-state index >= 15 is 0 Å². The third-order valence-electron chi connectivity index (χ3n) is 5.13. The van der Waals surface area contributed by atoms with E-state index in [1.807, 2.05) is 11.8 Å². The highest BCUT2D eigenvalue weighted by Crippen LogP contribution is 2.33. The normalized spacial score (nSPS) is 14.9. The molecule has 0 spiro atoms. The Kier molecular flexibility index (Phi) is 8.95. The van der Waals surface area contributed by atoms with Gasteiger partial charge in [-0.25, -0.2) is 8.42 Å². The Bertz CT molecular complexity index is 982. The molecule has 1 amide bonds. The topological polar surface area (TPSA) is 66.5 Å². The molecule has 0 aliphatic heterocycles. The van der Waals surface area contributed by atoms with Crippen molar-refractivity contribution < 1.29 is 13.2 Å². The molecule has 1 aliphatic rings. The summed E-state index contributed by atoms with van der Waals surface area (Å²) in [4.78, 5) is 12.7. The van der Waals surface area contributed by atoms with Gasteiger partial charge in [0.1, 0.15) is 6.54 Å². The van der Waals surface area contributed by atoms with Crippen molar-refractivity contribution in [2.24, 2.45) is 0 Å². The van der Waals surface area contributed by atoms with Crippen LogP contribution in [0.25, 0.3) is 0 Å². The fraction of sp³-hybridized carbons (Fsp3) is 0.409. The van der Waals surface area contributed by atoms with Gasteiger partial charge in [-0.05, 0) is 43.2 Å². The highest BCUT2D eigenvalue weighted by Gasteiger charge is 2.28. The summed E-state index contributed by atoms with van der Waals surface area (Å²) in [7, 11) is -4.01. The second-order valence-corrected chi connectivity index (χ2v) is 11.5. The van der Waals surface area contributed by atoms with Gasteiger partial charge in [0.05, 0.1) is 15.6 Å². The number of benzene rings is 2. The first kappa shape index (κ1) is 24.2. The average molecular weight is 502 g/mol. The lowest BCUT2D eigenvalue weighted by Crippen LogP contribution is -2.41. The van der Waals surface area contributed by atoms with Gasteiger partial charge >= 0.3 is 0 Å². The number of nitrogens with zero attached hydrogens (tertiary/aromatic N) is 1. The van der Waals surface area contributed by atoms with Gasteiger partial charge in [-0.1, -0.05) is 60.7 Å². The predicted octanol–water partition coefficient (Wildman–Crippen LogP) is 5.37. The number of nitrogens with one attached hydrogen (secondary N) is 1. The van der Waals surface area contributed by atoms with Crippen molar-refractivity contribution in [1.29, 1.82) is 0 Å². The van der Waals surface area contributed by atoms with E-state index in [1.54, 1.807) is 24.3 Å². The summed E-state index contributed by atoms with van der Waals surface area (Å²) < 4.78 is 27.6. The number of hydrogen-bond acceptors (Lipinski definition) is 4. The lowest BCUT2D eigenvalue weighted by atomic mass is 10.0. The van der Waals surface area contributed by atoms with E-state index in [2.05, 4.69) is 5.32 Å². The van der Waals surface area contributed by atoms with Crippen molar-refractivity contribution in [2.45, 2.75) is 42.2 Å². The Labute approximate surface area is 198 Å². The SMILES string of the molecule is O=C(CN(c1cc(Cl)ccc1Cl)S(=O)(=O)c1ccccc1)NCCSC1CCCCC1. The van der Waals surface area contributed by atoms with Gasteiger partial charge in [0.25, 0.3) is 10.0 Å². The van der Waals surface area contributed by atoms with Crippen LogP contribution in [0.5, 0.6) is 0 Å². The van der Waals surface area contributed by atoms with E-state index in [4.69, 9.17) is 23.2 Å². The molecule has 2 aromatic carbocycles. The zero-order valence-corrected chi connectivity index (χ0v) is 20.2. The maximum atomic E-state index is 13.3. The maximum absolute atomic E-state index is 13.3. The summed E-state index contributed by atoms with van der Waals surface area (Å²) in [5.41, 5.74) is 0.171. The Hall–Kier alpha value is -1.41. The molecule has 1 fully saturated rings. The van der Waals surface area contributed by atoms with Crippen molar-refractivity contribution in [3.05, 3.63) is 58.6 Å². The first-order valence-corrected chi connectivity index (χ1v) is 13.5. The molecule has 1 aliphatic carbocycles. The minimum absolute atomic E-state index is 0.0756. The van der Waals surface area contributed by atoms with E-state index in [0.717, 1.165) is 10.1 Å². The molecule has 0 atom stereocenters. The fourth-order valence-electron chi connectivity index (χ4n) is 3.53. The molecule has 1 saturated carbocycles. The third-order valence-corrected chi connectivity index (χ3v) is 8.84. The van der Waals surface area contributed by atoms with Crippen LogP contribution in [0.15, 0.2) is 53.4 Å². The van der Waals surface area contributed by atoms with Gasteiger partial charge < -0.3 is 5.32 Å². The zero-order chi connectivity index (χ0) is 22.3. The Morgan fingerprint density at radius 2 is 1.77 bits per heavy atom. The van der Waals surface area contributed by atoms with Crippen molar-refractivity contribution in [3.8, 4) is 0 Å². The molecule has 3 rings (SSSR count). The first-order valence-electron chi connectivity index (χ1n) is 10.3. The van der Waals surface area contributed by atoms with E-state index < -0.39 is 10.0 Å². The minimum Gasteiger partial charge on any atom is -0.354 e. The number of carbonyl (C=O) groups is 1. The van der Waals surface area contributed by atoms with Crippen molar-refractivity contribution >= 4 is 56.6 Å². The fourth-order valence-corrected chi connectivity index (χ4v) is 6.64. The lowest BCUT2D eigenvalue weighted by molar-refractivity contribution is -0.119. The number of anilines is 1. The highest BCUT2D eigenvalue weighted by atomic mass is 35.5. The van der Waals surface area contributed by atoms with Gasteiger partial charge in [-0.3, -0.25) is 9.10 Å². The van der Waals surface area contributed by atoms with E-state index in [-0.39, 0.29) is 28.1 Å². The molecule has 1 N–H and O–H groups in total. The summed E-state index contributed by atoms with van der Waals surface area (Å²) in [6.07, 6.45) is 6.32. The van der Waals surface area contributed by atoms with E-state index in [0.29, 0.717) is 16.8 Å². The second kappa shape index (κ2) is 11.5. The van der Waals surface area contributed by atoms with Gasteiger partial charge in [-0.2, -0.15) is 11.8 Å². The van der Waals surface area contributed by atoms with Gasteiger partial charge in [0.15, 0.2) is 0 Å². The average Bonchev–Trinajstić information content (AvgIpc) is 2.78. The monoisotopic (exact) mass is 500 g/mol. The summed E-state index contributed by atoms with van der Waals surface area (Å²) in [5.74, 6) is 0.416. The van der Waals surface area contributed by atoms with Crippen molar-refractivity contribution in [1.82, 2.24) is 5.32 Å². The van der Waals surface area contributed by atoms with E-state index in [9.17, 15) is 13.2 Å². The van der Waals surface area contributed by atoms with Crippen molar-refractivity contribution in [3.63, 3.8) is 0 Å². The van der Waals surface area contributed by atoms with Crippen LogP contribution < -0.4 is 9.62 Å². The first-order chi connectivity index (χ1) is 14.9. The van der Waals surface area contributed by atoms with E-state index in [1.165, 1.54) is 56.4 Å². The molecular weight excluding hydrogens is 475 g/mol. The number of amides is 1. The number of halogens is 2.